The summed E-state index contributed by atoms with van der Waals surface area (Å²) < 4.78 is 4.77. The van der Waals surface area contributed by atoms with Gasteiger partial charge in [0, 0.05) is 23.0 Å². The van der Waals surface area contributed by atoms with E-state index in [1.807, 2.05) is 36.4 Å². The molecule has 2 aromatic rings. The Morgan fingerprint density at radius 3 is 1.68 bits per heavy atom. The first-order chi connectivity index (χ1) is 12.2. The second-order valence-corrected chi connectivity index (χ2v) is 7.81. The number of cyclic esters (lactones) is 2. The molecule has 25 heavy (non-hydrogen) atoms. The molecule has 1 aliphatic rings. The van der Waals surface area contributed by atoms with Gasteiger partial charge in [-0.1, -0.05) is 60.7 Å². The van der Waals surface area contributed by atoms with Crippen LogP contribution in [0.3, 0.4) is 0 Å². The molecule has 1 fully saturated rings. The molecule has 0 aliphatic carbocycles. The van der Waals surface area contributed by atoms with Gasteiger partial charge in [-0.25, -0.2) is 9.59 Å². The monoisotopic (exact) mass is 373 g/mol. The molecule has 0 unspecified atom stereocenters. The third-order valence-electron chi connectivity index (χ3n) is 3.84. The van der Waals surface area contributed by atoms with Crippen LogP contribution < -0.4 is 5.32 Å². The lowest BCUT2D eigenvalue weighted by atomic mass is 10.1. The van der Waals surface area contributed by atoms with E-state index in [1.165, 1.54) is 11.1 Å². The highest BCUT2D eigenvalue weighted by atomic mass is 32.2. The van der Waals surface area contributed by atoms with E-state index in [2.05, 4.69) is 29.6 Å². The van der Waals surface area contributed by atoms with E-state index >= 15 is 0 Å². The Bertz CT molecular complexity index is 676. The van der Waals surface area contributed by atoms with Crippen LogP contribution in [0.2, 0.25) is 0 Å². The number of benzene rings is 2. The second kappa shape index (κ2) is 8.45. The van der Waals surface area contributed by atoms with E-state index in [0.29, 0.717) is 11.5 Å². The number of rotatable bonds is 8. The molecule has 1 saturated heterocycles. The van der Waals surface area contributed by atoms with Crippen LogP contribution in [0.4, 0.5) is 4.79 Å². The van der Waals surface area contributed by atoms with Crippen LogP contribution in [0.25, 0.3) is 0 Å². The van der Waals surface area contributed by atoms with E-state index in [-0.39, 0.29) is 0 Å². The number of nitrogens with one attached hydrogen (secondary N) is 1. The minimum atomic E-state index is -0.948. The standard InChI is InChI=1S/C19H19NO3S2/c21-17-19(20-18(22)23-17,13-24-11-15-7-3-1-4-8-15)14-25-12-16-9-5-2-6-10-16/h1-10H,11-14H2,(H,20,22). The molecule has 0 spiro atoms. The predicted octanol–water partition coefficient (Wildman–Crippen LogP) is 3.86. The van der Waals surface area contributed by atoms with Crippen LogP contribution in [-0.4, -0.2) is 29.1 Å². The number of carbonyl (C=O) groups excluding carboxylic acids is 2. The summed E-state index contributed by atoms with van der Waals surface area (Å²) in [5, 5.41) is 2.74. The summed E-state index contributed by atoms with van der Waals surface area (Å²) in [5.41, 5.74) is 1.44. The van der Waals surface area contributed by atoms with Gasteiger partial charge in [0.1, 0.15) is 0 Å². The Labute approximate surface area is 155 Å². The zero-order chi connectivity index (χ0) is 17.5. The molecule has 0 atom stereocenters. The molecule has 1 heterocycles. The lowest BCUT2D eigenvalue weighted by molar-refractivity contribution is -0.137. The minimum absolute atomic E-state index is 0.473. The number of esters is 1. The van der Waals surface area contributed by atoms with Gasteiger partial charge in [0.2, 0.25) is 0 Å². The molecule has 2 aromatic carbocycles. The quantitative estimate of drug-likeness (QED) is 0.562. The third kappa shape index (κ3) is 4.80. The molecular weight excluding hydrogens is 354 g/mol. The Balaban J connectivity index is 1.58. The minimum Gasteiger partial charge on any atom is -0.374 e. The zero-order valence-corrected chi connectivity index (χ0v) is 15.3. The maximum absolute atomic E-state index is 12.3. The lowest BCUT2D eigenvalue weighted by Crippen LogP contribution is -2.51. The SMILES string of the molecule is O=C1NC(CSCc2ccccc2)(CSCc2ccccc2)C(=O)O1. The Morgan fingerprint density at radius 2 is 1.28 bits per heavy atom. The van der Waals surface area contributed by atoms with Crippen LogP contribution >= 0.6 is 23.5 Å². The lowest BCUT2D eigenvalue weighted by Gasteiger charge is -2.23. The van der Waals surface area contributed by atoms with Gasteiger partial charge in [0.05, 0.1) is 0 Å². The molecule has 130 valence electrons. The summed E-state index contributed by atoms with van der Waals surface area (Å²) in [5.74, 6) is 2.09. The van der Waals surface area contributed by atoms with Crippen molar-refractivity contribution in [3.8, 4) is 0 Å². The molecule has 1 amide bonds. The molecule has 3 rings (SSSR count). The molecule has 0 saturated carbocycles. The number of ether oxygens (including phenoxy) is 1. The first-order valence-electron chi connectivity index (χ1n) is 7.96. The molecule has 0 radical (unpaired) electrons. The van der Waals surface area contributed by atoms with Crippen LogP contribution in [0.1, 0.15) is 11.1 Å². The molecule has 6 heteroatoms. The summed E-state index contributed by atoms with van der Waals surface area (Å²) in [6.45, 7) is 0. The highest BCUT2D eigenvalue weighted by Crippen LogP contribution is 2.28. The van der Waals surface area contributed by atoms with Crippen molar-refractivity contribution in [1.29, 1.82) is 0 Å². The van der Waals surface area contributed by atoms with E-state index < -0.39 is 17.6 Å². The van der Waals surface area contributed by atoms with Gasteiger partial charge in [-0.2, -0.15) is 23.5 Å². The van der Waals surface area contributed by atoms with Crippen molar-refractivity contribution in [1.82, 2.24) is 5.32 Å². The summed E-state index contributed by atoms with van der Waals surface area (Å²) in [6.07, 6.45) is -0.648. The van der Waals surface area contributed by atoms with Crippen LogP contribution in [0, 0.1) is 0 Å². The summed E-state index contributed by atoms with van der Waals surface area (Å²) in [7, 11) is 0. The highest BCUT2D eigenvalue weighted by Gasteiger charge is 2.48. The average Bonchev–Trinajstić information content (AvgIpc) is 2.90. The van der Waals surface area contributed by atoms with Gasteiger partial charge in [0.15, 0.2) is 5.54 Å². The van der Waals surface area contributed by atoms with Crippen molar-refractivity contribution in [2.75, 3.05) is 11.5 Å². The maximum atomic E-state index is 12.3. The van der Waals surface area contributed by atoms with Gasteiger partial charge < -0.3 is 10.1 Å². The Morgan fingerprint density at radius 1 is 0.800 bits per heavy atom. The largest absolute Gasteiger partial charge is 0.415 e. The second-order valence-electron chi connectivity index (χ2n) is 5.84. The fourth-order valence-corrected chi connectivity index (χ4v) is 4.99. The normalized spacial score (nSPS) is 15.7. The zero-order valence-electron chi connectivity index (χ0n) is 13.6. The molecule has 1 aliphatic heterocycles. The number of hydrogen-bond donors (Lipinski definition) is 1. The average molecular weight is 373 g/mol. The summed E-state index contributed by atoms with van der Waals surface area (Å²) in [6, 6.07) is 20.1. The summed E-state index contributed by atoms with van der Waals surface area (Å²) >= 11 is 3.25. The van der Waals surface area contributed by atoms with E-state index in [9.17, 15) is 9.59 Å². The van der Waals surface area contributed by atoms with Crippen molar-refractivity contribution in [2.45, 2.75) is 17.0 Å². The van der Waals surface area contributed by atoms with Gasteiger partial charge >= 0.3 is 12.1 Å². The fraction of sp³-hybridized carbons (Fsp3) is 0.263. The van der Waals surface area contributed by atoms with Crippen molar-refractivity contribution in [3.63, 3.8) is 0 Å². The van der Waals surface area contributed by atoms with Crippen LogP contribution in [-0.2, 0) is 21.0 Å². The molecule has 0 bridgehead atoms. The van der Waals surface area contributed by atoms with Crippen molar-refractivity contribution >= 4 is 35.6 Å². The number of alkyl carbamates (subject to hydrolysis) is 1. The third-order valence-corrected chi connectivity index (χ3v) is 6.31. The van der Waals surface area contributed by atoms with E-state index in [0.717, 1.165) is 11.5 Å². The van der Waals surface area contributed by atoms with Gasteiger partial charge in [-0.15, -0.1) is 0 Å². The first kappa shape index (κ1) is 17.9. The van der Waals surface area contributed by atoms with Crippen molar-refractivity contribution in [3.05, 3.63) is 71.8 Å². The fourth-order valence-electron chi connectivity index (χ4n) is 2.52. The predicted molar refractivity (Wildman–Crippen MR) is 103 cm³/mol. The topological polar surface area (TPSA) is 55.4 Å². The summed E-state index contributed by atoms with van der Waals surface area (Å²) in [4.78, 5) is 23.8. The molecule has 0 aromatic heterocycles. The number of thioether (sulfide) groups is 2. The number of hydrogen-bond acceptors (Lipinski definition) is 5. The molecule has 1 N–H and O–H groups in total. The van der Waals surface area contributed by atoms with Crippen LogP contribution in [0.15, 0.2) is 60.7 Å². The number of amides is 1. The van der Waals surface area contributed by atoms with Gasteiger partial charge in [-0.05, 0) is 11.1 Å². The first-order valence-corrected chi connectivity index (χ1v) is 10.3. The Kier molecular flexibility index (Phi) is 6.04. The van der Waals surface area contributed by atoms with Crippen molar-refractivity contribution in [2.24, 2.45) is 0 Å². The highest BCUT2D eigenvalue weighted by molar-refractivity contribution is 7.99. The smallest absolute Gasteiger partial charge is 0.374 e. The molecular formula is C19H19NO3S2. The van der Waals surface area contributed by atoms with E-state index in [1.54, 1.807) is 23.5 Å². The van der Waals surface area contributed by atoms with E-state index in [4.69, 9.17) is 4.74 Å². The maximum Gasteiger partial charge on any atom is 0.415 e. The van der Waals surface area contributed by atoms with Crippen molar-refractivity contribution < 1.29 is 14.3 Å². The van der Waals surface area contributed by atoms with Crippen LogP contribution in [0.5, 0.6) is 0 Å². The van der Waals surface area contributed by atoms with Gasteiger partial charge in [-0.3, -0.25) is 0 Å². The Hall–Kier alpha value is -1.92. The molecule has 4 nitrogen and oxygen atoms in total. The number of carbonyl (C=O) groups is 2. The van der Waals surface area contributed by atoms with Gasteiger partial charge in [0.25, 0.3) is 0 Å².